The topological polar surface area (TPSA) is 46.2 Å². The highest BCUT2D eigenvalue weighted by atomic mass is 79.9. The van der Waals surface area contributed by atoms with Crippen molar-refractivity contribution in [2.75, 3.05) is 4.72 Å². The Balaban J connectivity index is 2.54. The van der Waals surface area contributed by atoms with E-state index in [4.69, 9.17) is 0 Å². The molecule has 1 N–H and O–H groups in total. The Morgan fingerprint density at radius 2 is 1.52 bits per heavy atom. The normalized spacial score (nSPS) is 11.5. The number of anilines is 1. The number of hydrogen-bond donors (Lipinski definition) is 1. The monoisotopic (exact) mass is 383 g/mol. The van der Waals surface area contributed by atoms with Crippen LogP contribution in [0.2, 0.25) is 0 Å². The van der Waals surface area contributed by atoms with E-state index in [2.05, 4.69) is 15.9 Å². The zero-order chi connectivity index (χ0) is 15.8. The standard InChI is InChI=1S/C12H6BrF4NO2S/c13-7-4-6(14)5-10(17)12(7)21(19,20)18-11-8(15)2-1-3-9(11)16/h1-5,18H. The number of benzene rings is 2. The number of halogens is 5. The summed E-state index contributed by atoms with van der Waals surface area (Å²) in [5.41, 5.74) is -0.951. The second-order valence-electron chi connectivity index (χ2n) is 3.90. The molecule has 0 spiro atoms. The summed E-state index contributed by atoms with van der Waals surface area (Å²) in [6.07, 6.45) is 0. The first-order chi connectivity index (χ1) is 9.72. The van der Waals surface area contributed by atoms with Crippen LogP contribution in [0.4, 0.5) is 23.2 Å². The number of nitrogens with one attached hydrogen (secondary N) is 1. The molecule has 0 bridgehead atoms. The molecule has 0 aliphatic heterocycles. The van der Waals surface area contributed by atoms with Crippen LogP contribution in [0.1, 0.15) is 0 Å². The minimum atomic E-state index is -4.65. The third-order valence-corrected chi connectivity index (χ3v) is 4.74. The van der Waals surface area contributed by atoms with Gasteiger partial charge in [-0.1, -0.05) is 6.07 Å². The van der Waals surface area contributed by atoms with Crippen molar-refractivity contribution in [3.8, 4) is 0 Å². The molecule has 2 aromatic rings. The summed E-state index contributed by atoms with van der Waals surface area (Å²) in [6, 6.07) is 3.76. The molecule has 0 fully saturated rings. The molecule has 0 aliphatic carbocycles. The van der Waals surface area contributed by atoms with Gasteiger partial charge in [-0.2, -0.15) is 0 Å². The fourth-order valence-corrected chi connectivity index (χ4v) is 3.81. The summed E-state index contributed by atoms with van der Waals surface area (Å²) in [6.45, 7) is 0. The predicted octanol–water partition coefficient (Wildman–Crippen LogP) is 3.81. The maximum atomic E-state index is 13.6. The van der Waals surface area contributed by atoms with E-state index in [-0.39, 0.29) is 0 Å². The van der Waals surface area contributed by atoms with E-state index < -0.39 is 48.3 Å². The molecule has 0 unspecified atom stereocenters. The van der Waals surface area contributed by atoms with E-state index in [0.717, 1.165) is 24.3 Å². The molecule has 21 heavy (non-hydrogen) atoms. The van der Waals surface area contributed by atoms with Crippen molar-refractivity contribution in [3.05, 3.63) is 58.1 Å². The lowest BCUT2D eigenvalue weighted by molar-refractivity contribution is 0.547. The van der Waals surface area contributed by atoms with Gasteiger partial charge in [0.2, 0.25) is 0 Å². The summed E-state index contributed by atoms with van der Waals surface area (Å²) in [4.78, 5) is -0.952. The first-order valence-electron chi connectivity index (χ1n) is 5.34. The lowest BCUT2D eigenvalue weighted by atomic mass is 10.3. The van der Waals surface area contributed by atoms with Crippen LogP contribution >= 0.6 is 15.9 Å². The molecule has 2 rings (SSSR count). The van der Waals surface area contributed by atoms with Crippen molar-refractivity contribution >= 4 is 31.6 Å². The van der Waals surface area contributed by atoms with Gasteiger partial charge in [0.25, 0.3) is 10.0 Å². The minimum Gasteiger partial charge on any atom is -0.274 e. The van der Waals surface area contributed by atoms with Crippen LogP contribution in [0.15, 0.2) is 39.7 Å². The molecule has 0 aromatic heterocycles. The highest BCUT2D eigenvalue weighted by Crippen LogP contribution is 2.29. The van der Waals surface area contributed by atoms with Gasteiger partial charge in [0.1, 0.15) is 33.9 Å². The van der Waals surface area contributed by atoms with Crippen molar-refractivity contribution in [1.82, 2.24) is 0 Å². The number of hydrogen-bond acceptors (Lipinski definition) is 2. The predicted molar refractivity (Wildman–Crippen MR) is 71.2 cm³/mol. The van der Waals surface area contributed by atoms with Gasteiger partial charge in [-0.25, -0.2) is 26.0 Å². The maximum Gasteiger partial charge on any atom is 0.266 e. The van der Waals surface area contributed by atoms with Gasteiger partial charge in [0.15, 0.2) is 0 Å². The van der Waals surface area contributed by atoms with Crippen molar-refractivity contribution in [2.45, 2.75) is 4.90 Å². The molecule has 0 amide bonds. The minimum absolute atomic E-state index is 0.344. The molecule has 0 aliphatic rings. The molecule has 0 radical (unpaired) electrons. The van der Waals surface area contributed by atoms with E-state index >= 15 is 0 Å². The summed E-state index contributed by atoms with van der Waals surface area (Å²) in [5, 5.41) is 0. The Morgan fingerprint density at radius 3 is 2.05 bits per heavy atom. The van der Waals surface area contributed by atoms with E-state index in [0.29, 0.717) is 6.07 Å². The second kappa shape index (κ2) is 5.64. The van der Waals surface area contributed by atoms with Crippen molar-refractivity contribution in [2.24, 2.45) is 0 Å². The molecule has 2 aromatic carbocycles. The van der Waals surface area contributed by atoms with E-state index in [1.807, 2.05) is 0 Å². The average molecular weight is 384 g/mol. The lowest BCUT2D eigenvalue weighted by Gasteiger charge is -2.12. The Morgan fingerprint density at radius 1 is 0.952 bits per heavy atom. The maximum absolute atomic E-state index is 13.6. The largest absolute Gasteiger partial charge is 0.274 e. The zero-order valence-corrected chi connectivity index (χ0v) is 12.4. The highest BCUT2D eigenvalue weighted by molar-refractivity contribution is 9.10. The Bertz CT molecular complexity index is 768. The van der Waals surface area contributed by atoms with E-state index in [9.17, 15) is 26.0 Å². The average Bonchev–Trinajstić information content (AvgIpc) is 2.32. The summed E-state index contributed by atoms with van der Waals surface area (Å²) in [5.74, 6) is -4.74. The SMILES string of the molecule is O=S(=O)(Nc1c(F)cccc1F)c1c(F)cc(F)cc1Br. The Hall–Kier alpha value is -1.61. The molecule has 3 nitrogen and oxygen atoms in total. The Labute approximate surface area is 125 Å². The van der Waals surface area contributed by atoms with Gasteiger partial charge in [0.05, 0.1) is 0 Å². The molecule has 0 saturated heterocycles. The molecule has 0 atom stereocenters. The molecule has 112 valence electrons. The van der Waals surface area contributed by atoms with Gasteiger partial charge < -0.3 is 0 Å². The van der Waals surface area contributed by atoms with Gasteiger partial charge in [-0.15, -0.1) is 0 Å². The van der Waals surface area contributed by atoms with Crippen LogP contribution in [0.3, 0.4) is 0 Å². The fourth-order valence-electron chi connectivity index (χ4n) is 1.57. The molecule has 0 heterocycles. The van der Waals surface area contributed by atoms with Crippen LogP contribution in [0.25, 0.3) is 0 Å². The smallest absolute Gasteiger partial charge is 0.266 e. The number of rotatable bonds is 3. The van der Waals surface area contributed by atoms with Gasteiger partial charge in [-0.05, 0) is 34.1 Å². The summed E-state index contributed by atoms with van der Waals surface area (Å²) in [7, 11) is -4.65. The van der Waals surface area contributed by atoms with E-state index in [1.165, 1.54) is 0 Å². The van der Waals surface area contributed by atoms with Crippen LogP contribution < -0.4 is 4.72 Å². The first-order valence-corrected chi connectivity index (χ1v) is 7.61. The number of sulfonamides is 1. The Kier molecular flexibility index (Phi) is 4.24. The fraction of sp³-hybridized carbons (Fsp3) is 0. The van der Waals surface area contributed by atoms with Crippen molar-refractivity contribution < 1.29 is 26.0 Å². The van der Waals surface area contributed by atoms with E-state index in [1.54, 1.807) is 4.72 Å². The zero-order valence-electron chi connectivity index (χ0n) is 10.0. The summed E-state index contributed by atoms with van der Waals surface area (Å²) >= 11 is 2.70. The third kappa shape index (κ3) is 3.18. The van der Waals surface area contributed by atoms with Crippen LogP contribution in [0.5, 0.6) is 0 Å². The van der Waals surface area contributed by atoms with Gasteiger partial charge in [-0.3, -0.25) is 4.72 Å². The first kappa shape index (κ1) is 15.8. The molecule has 0 saturated carbocycles. The lowest BCUT2D eigenvalue weighted by Crippen LogP contribution is -2.17. The van der Waals surface area contributed by atoms with Crippen LogP contribution in [-0.2, 0) is 10.0 Å². The number of para-hydroxylation sites is 1. The quantitative estimate of drug-likeness (QED) is 0.819. The van der Waals surface area contributed by atoms with Crippen molar-refractivity contribution in [3.63, 3.8) is 0 Å². The van der Waals surface area contributed by atoms with Crippen molar-refractivity contribution in [1.29, 1.82) is 0 Å². The molecule has 9 heteroatoms. The van der Waals surface area contributed by atoms with Crippen LogP contribution in [0, 0.1) is 23.3 Å². The second-order valence-corrected chi connectivity index (χ2v) is 6.37. The molecular weight excluding hydrogens is 378 g/mol. The van der Waals surface area contributed by atoms with Crippen LogP contribution in [-0.4, -0.2) is 8.42 Å². The van der Waals surface area contributed by atoms with Gasteiger partial charge in [0, 0.05) is 10.5 Å². The highest BCUT2D eigenvalue weighted by Gasteiger charge is 2.26. The third-order valence-electron chi connectivity index (χ3n) is 2.43. The van der Waals surface area contributed by atoms with Gasteiger partial charge >= 0.3 is 0 Å². The molecular formula is C12H6BrF4NO2S. The summed E-state index contributed by atoms with van der Waals surface area (Å²) < 4.78 is 78.7.